The number of sulfonamides is 1. The number of rotatable bonds is 7. The Morgan fingerprint density at radius 1 is 1.33 bits per heavy atom. The molecule has 3 unspecified atom stereocenters. The molecule has 1 aliphatic carbocycles. The third-order valence-electron chi connectivity index (χ3n) is 3.88. The van der Waals surface area contributed by atoms with Gasteiger partial charge in [-0.1, -0.05) is 0 Å². The minimum absolute atomic E-state index is 0.160. The van der Waals surface area contributed by atoms with Crippen molar-refractivity contribution in [2.75, 3.05) is 19.7 Å². The summed E-state index contributed by atoms with van der Waals surface area (Å²) in [6.07, 6.45) is 3.46. The first-order valence-corrected chi connectivity index (χ1v) is 8.37. The Morgan fingerprint density at radius 2 is 2.06 bits per heavy atom. The van der Waals surface area contributed by atoms with E-state index in [1.54, 1.807) is 6.92 Å². The molecule has 5 nitrogen and oxygen atoms in total. The average molecular weight is 276 g/mol. The van der Waals surface area contributed by atoms with Crippen molar-refractivity contribution in [1.29, 1.82) is 0 Å². The van der Waals surface area contributed by atoms with Crippen LogP contribution in [0.2, 0.25) is 0 Å². The number of nitrogens with one attached hydrogen (secondary N) is 2. The molecule has 106 valence electrons. The average Bonchev–Trinajstić information content (AvgIpc) is 3.06. The molecule has 6 heteroatoms. The van der Waals surface area contributed by atoms with Crippen LogP contribution in [0.25, 0.3) is 0 Å². The molecule has 2 N–H and O–H groups in total. The molecule has 2 fully saturated rings. The second kappa shape index (κ2) is 5.86. The molecule has 1 heterocycles. The van der Waals surface area contributed by atoms with E-state index in [1.165, 1.54) is 12.8 Å². The van der Waals surface area contributed by atoms with E-state index in [9.17, 15) is 8.42 Å². The van der Waals surface area contributed by atoms with E-state index >= 15 is 0 Å². The van der Waals surface area contributed by atoms with Crippen LogP contribution in [0.5, 0.6) is 0 Å². The lowest BCUT2D eigenvalue weighted by Crippen LogP contribution is -2.42. The van der Waals surface area contributed by atoms with E-state index < -0.39 is 10.0 Å². The Morgan fingerprint density at radius 3 is 2.61 bits per heavy atom. The zero-order valence-electron chi connectivity index (χ0n) is 11.2. The van der Waals surface area contributed by atoms with E-state index in [1.807, 2.05) is 6.92 Å². The minimum atomic E-state index is -3.21. The standard InChI is InChI=1S/C12H24N2O3S/c1-9(7-13-12-3-4-12)18(15,16)14-8-11-5-6-17-10(11)2/h9-14H,3-8H2,1-2H3. The van der Waals surface area contributed by atoms with Gasteiger partial charge in [-0.3, -0.25) is 0 Å². The minimum Gasteiger partial charge on any atom is -0.378 e. The van der Waals surface area contributed by atoms with E-state index in [0.717, 1.165) is 13.0 Å². The Bertz CT molecular complexity index is 368. The number of hydrogen-bond donors (Lipinski definition) is 2. The van der Waals surface area contributed by atoms with Gasteiger partial charge in [0.15, 0.2) is 0 Å². The SMILES string of the molecule is CC1OCCC1CNS(=O)(=O)C(C)CNC1CC1. The fourth-order valence-corrected chi connectivity index (χ4v) is 3.19. The fourth-order valence-electron chi connectivity index (χ4n) is 2.14. The van der Waals surface area contributed by atoms with Crippen LogP contribution in [0.4, 0.5) is 0 Å². The van der Waals surface area contributed by atoms with Gasteiger partial charge in [-0.25, -0.2) is 13.1 Å². The van der Waals surface area contributed by atoms with E-state index in [-0.39, 0.29) is 11.4 Å². The van der Waals surface area contributed by atoms with Gasteiger partial charge >= 0.3 is 0 Å². The summed E-state index contributed by atoms with van der Waals surface area (Å²) in [5, 5.41) is 2.88. The van der Waals surface area contributed by atoms with Gasteiger partial charge in [0.25, 0.3) is 0 Å². The normalized spacial score (nSPS) is 30.6. The van der Waals surface area contributed by atoms with Crippen LogP contribution in [0.1, 0.15) is 33.1 Å². The Hall–Kier alpha value is -0.170. The molecular weight excluding hydrogens is 252 g/mol. The smallest absolute Gasteiger partial charge is 0.215 e. The highest BCUT2D eigenvalue weighted by Gasteiger charge is 2.29. The van der Waals surface area contributed by atoms with Crippen LogP contribution in [0.15, 0.2) is 0 Å². The van der Waals surface area contributed by atoms with E-state index in [4.69, 9.17) is 4.74 Å². The summed E-state index contributed by atoms with van der Waals surface area (Å²) < 4.78 is 32.2. The van der Waals surface area contributed by atoms with Crippen molar-refractivity contribution >= 4 is 10.0 Å². The van der Waals surface area contributed by atoms with Gasteiger partial charge in [-0.15, -0.1) is 0 Å². The molecule has 1 saturated carbocycles. The molecule has 3 atom stereocenters. The summed E-state index contributed by atoms with van der Waals surface area (Å²) in [6, 6.07) is 0.547. The van der Waals surface area contributed by atoms with E-state index in [2.05, 4.69) is 10.0 Å². The van der Waals surface area contributed by atoms with Crippen molar-refractivity contribution in [3.63, 3.8) is 0 Å². The van der Waals surface area contributed by atoms with Crippen LogP contribution < -0.4 is 10.0 Å². The van der Waals surface area contributed by atoms with Crippen LogP contribution in [0, 0.1) is 5.92 Å². The summed E-state index contributed by atoms with van der Waals surface area (Å²) in [5.41, 5.74) is 0. The van der Waals surface area contributed by atoms with Crippen molar-refractivity contribution in [2.45, 2.75) is 50.5 Å². The lowest BCUT2D eigenvalue weighted by molar-refractivity contribution is 0.107. The highest BCUT2D eigenvalue weighted by Crippen LogP contribution is 2.20. The Balaban J connectivity index is 1.74. The highest BCUT2D eigenvalue weighted by molar-refractivity contribution is 7.90. The molecule has 0 bridgehead atoms. The topological polar surface area (TPSA) is 67.4 Å². The molecule has 1 aliphatic heterocycles. The molecule has 0 spiro atoms. The van der Waals surface area contributed by atoms with Crippen molar-refractivity contribution in [1.82, 2.24) is 10.0 Å². The number of ether oxygens (including phenoxy) is 1. The summed E-state index contributed by atoms with van der Waals surface area (Å²) in [5.74, 6) is 0.309. The van der Waals surface area contributed by atoms with Crippen LogP contribution >= 0.6 is 0 Å². The summed E-state index contributed by atoms with van der Waals surface area (Å²) in [6.45, 7) is 5.54. The third kappa shape index (κ3) is 3.91. The molecular formula is C12H24N2O3S. The monoisotopic (exact) mass is 276 g/mol. The Kier molecular flexibility index (Phi) is 4.64. The lowest BCUT2D eigenvalue weighted by Gasteiger charge is -2.18. The number of hydrogen-bond acceptors (Lipinski definition) is 4. The van der Waals surface area contributed by atoms with Crippen LogP contribution in [-0.2, 0) is 14.8 Å². The first-order chi connectivity index (χ1) is 8.49. The Labute approximate surface area is 110 Å². The van der Waals surface area contributed by atoms with Crippen molar-refractivity contribution in [3.8, 4) is 0 Å². The molecule has 0 aromatic rings. The zero-order valence-corrected chi connectivity index (χ0v) is 12.0. The van der Waals surface area contributed by atoms with Gasteiger partial charge in [0, 0.05) is 31.7 Å². The van der Waals surface area contributed by atoms with Gasteiger partial charge in [-0.2, -0.15) is 0 Å². The summed E-state index contributed by atoms with van der Waals surface area (Å²) in [7, 11) is -3.21. The van der Waals surface area contributed by atoms with Gasteiger partial charge < -0.3 is 10.1 Å². The van der Waals surface area contributed by atoms with Gasteiger partial charge in [0.1, 0.15) is 0 Å². The lowest BCUT2D eigenvalue weighted by atomic mass is 10.0. The molecule has 0 aromatic heterocycles. The molecule has 2 rings (SSSR count). The second-order valence-corrected chi connectivity index (χ2v) is 7.69. The van der Waals surface area contributed by atoms with Crippen molar-refractivity contribution in [3.05, 3.63) is 0 Å². The molecule has 0 aromatic carbocycles. The quantitative estimate of drug-likeness (QED) is 0.709. The first kappa shape index (κ1) is 14.2. The fraction of sp³-hybridized carbons (Fsp3) is 1.00. The van der Waals surface area contributed by atoms with Gasteiger partial charge in [-0.05, 0) is 33.1 Å². The molecule has 18 heavy (non-hydrogen) atoms. The molecule has 0 radical (unpaired) electrons. The molecule has 0 amide bonds. The maximum Gasteiger partial charge on any atom is 0.215 e. The highest BCUT2D eigenvalue weighted by atomic mass is 32.2. The summed E-state index contributed by atoms with van der Waals surface area (Å²) >= 11 is 0. The predicted octanol–water partition coefficient (Wildman–Crippen LogP) is 0.471. The van der Waals surface area contributed by atoms with E-state index in [0.29, 0.717) is 25.0 Å². The van der Waals surface area contributed by atoms with Gasteiger partial charge in [0.05, 0.1) is 11.4 Å². The molecule has 2 aliphatic rings. The van der Waals surface area contributed by atoms with Crippen molar-refractivity contribution in [2.24, 2.45) is 5.92 Å². The van der Waals surface area contributed by atoms with Crippen LogP contribution in [-0.4, -0.2) is 45.5 Å². The second-order valence-electron chi connectivity index (χ2n) is 5.51. The van der Waals surface area contributed by atoms with Crippen molar-refractivity contribution < 1.29 is 13.2 Å². The maximum atomic E-state index is 12.0. The maximum absolute atomic E-state index is 12.0. The predicted molar refractivity (Wildman–Crippen MR) is 70.9 cm³/mol. The first-order valence-electron chi connectivity index (χ1n) is 6.82. The van der Waals surface area contributed by atoms with Crippen LogP contribution in [0.3, 0.4) is 0 Å². The summed E-state index contributed by atoms with van der Waals surface area (Å²) in [4.78, 5) is 0. The molecule has 1 saturated heterocycles. The zero-order chi connectivity index (χ0) is 13.2. The third-order valence-corrected chi connectivity index (χ3v) is 5.68. The largest absolute Gasteiger partial charge is 0.378 e. The van der Waals surface area contributed by atoms with Gasteiger partial charge in [0.2, 0.25) is 10.0 Å².